The molecule has 1 aromatic heterocycles. The largest absolute Gasteiger partial charge is 1.00 e. The number of nitrogens with zero attached hydrogens (tertiary/aromatic N) is 1. The number of hydrogen-bond acceptors (Lipinski definition) is 2. The van der Waals surface area contributed by atoms with Crippen molar-refractivity contribution in [2.75, 3.05) is 6.26 Å². The summed E-state index contributed by atoms with van der Waals surface area (Å²) in [5.41, 5.74) is 8.02. The molecule has 2 rings (SSSR count). The van der Waals surface area contributed by atoms with Crippen molar-refractivity contribution < 1.29 is 29.0 Å². The topological polar surface area (TPSA) is 52.9 Å². The highest BCUT2D eigenvalue weighted by Crippen LogP contribution is 2.07. The lowest BCUT2D eigenvalue weighted by molar-refractivity contribution is -0.356. The number of halogens is 1. The van der Waals surface area contributed by atoms with E-state index >= 15 is 0 Å². The highest BCUT2D eigenvalue weighted by molar-refractivity contribution is 8.12. The van der Waals surface area contributed by atoms with Crippen molar-refractivity contribution in [2.24, 2.45) is 5.73 Å². The molecule has 1 heterocycles. The standard InChI is InChI=1S/C14H15N3S.HI/c1-18-14(15)17-13-9-5-8-12(16-13)10-11-6-3-2-4-7-11;/h2-9H,10H2,1H3,(H2,15,16,17);1H. The molecule has 0 aliphatic carbocycles. The lowest BCUT2D eigenvalue weighted by Gasteiger charge is -1.98. The molecule has 5 heteroatoms. The van der Waals surface area contributed by atoms with Gasteiger partial charge in [0.15, 0.2) is 0 Å². The summed E-state index contributed by atoms with van der Waals surface area (Å²) < 4.78 is 0. The van der Waals surface area contributed by atoms with E-state index in [1.807, 2.05) is 42.7 Å². The van der Waals surface area contributed by atoms with Crippen LogP contribution in [0.2, 0.25) is 0 Å². The lowest BCUT2D eigenvalue weighted by atomic mass is 10.1. The van der Waals surface area contributed by atoms with E-state index in [1.165, 1.54) is 17.3 Å². The molecule has 0 aliphatic heterocycles. The molecular formula is C14H16IN3S. The number of nitrogens with two attached hydrogens (primary N) is 1. The fourth-order valence-electron chi connectivity index (χ4n) is 1.63. The Balaban J connectivity index is 0.00000180. The Kier molecular flexibility index (Phi) is 6.86. The Bertz CT molecular complexity index is 543. The molecule has 0 saturated carbocycles. The summed E-state index contributed by atoms with van der Waals surface area (Å²) in [6.07, 6.45) is 2.76. The van der Waals surface area contributed by atoms with Crippen LogP contribution < -0.4 is 34.7 Å². The maximum Gasteiger partial charge on any atom is 0.261 e. The zero-order valence-corrected chi connectivity index (χ0v) is 13.6. The van der Waals surface area contributed by atoms with Gasteiger partial charge in [-0.15, -0.1) is 4.98 Å². The first-order chi connectivity index (χ1) is 8.78. The first kappa shape index (κ1) is 16.0. The van der Waals surface area contributed by atoms with Gasteiger partial charge in [0.25, 0.3) is 11.0 Å². The first-order valence-electron chi connectivity index (χ1n) is 5.71. The van der Waals surface area contributed by atoms with Gasteiger partial charge in [0.2, 0.25) is 0 Å². The van der Waals surface area contributed by atoms with Crippen LogP contribution in [0.25, 0.3) is 0 Å². The molecule has 0 radical (unpaired) electrons. The Morgan fingerprint density at radius 2 is 1.89 bits per heavy atom. The minimum Gasteiger partial charge on any atom is -1.00 e. The fraction of sp³-hybridized carbons (Fsp3) is 0.143. The van der Waals surface area contributed by atoms with Gasteiger partial charge in [0.1, 0.15) is 5.69 Å². The van der Waals surface area contributed by atoms with Gasteiger partial charge in [0, 0.05) is 12.5 Å². The number of pyridine rings is 1. The number of hydrogen-bond donors (Lipinski definition) is 2. The van der Waals surface area contributed by atoms with Crippen molar-refractivity contribution in [1.29, 1.82) is 0 Å². The Labute approximate surface area is 134 Å². The predicted octanol–water partition coefficient (Wildman–Crippen LogP) is -1.93. The van der Waals surface area contributed by atoms with E-state index in [4.69, 9.17) is 5.73 Å². The molecule has 3 nitrogen and oxygen atoms in total. The van der Waals surface area contributed by atoms with Gasteiger partial charge in [-0.1, -0.05) is 48.2 Å². The van der Waals surface area contributed by atoms with Gasteiger partial charge in [-0.25, -0.2) is 4.99 Å². The molecule has 1 aromatic carbocycles. The Morgan fingerprint density at radius 1 is 1.16 bits per heavy atom. The molecule has 0 amide bonds. The van der Waals surface area contributed by atoms with E-state index in [-0.39, 0.29) is 24.0 Å². The highest BCUT2D eigenvalue weighted by Gasteiger charge is 2.04. The molecule has 2 aromatic rings. The normalized spacial score (nSPS) is 10.9. The fourth-order valence-corrected chi connectivity index (χ4v) is 1.84. The zero-order valence-electron chi connectivity index (χ0n) is 10.6. The average molecular weight is 385 g/mol. The second-order valence-electron chi connectivity index (χ2n) is 3.87. The second kappa shape index (κ2) is 8.16. The van der Waals surface area contributed by atoms with E-state index in [9.17, 15) is 0 Å². The summed E-state index contributed by atoms with van der Waals surface area (Å²) in [5.74, 6) is 0.787. The summed E-state index contributed by atoms with van der Waals surface area (Å²) >= 11 is 1.47. The van der Waals surface area contributed by atoms with Crippen LogP contribution in [0.4, 0.5) is 5.82 Å². The van der Waals surface area contributed by atoms with E-state index in [0.717, 1.165) is 17.9 Å². The molecule has 0 aliphatic rings. The van der Waals surface area contributed by atoms with E-state index < -0.39 is 0 Å². The van der Waals surface area contributed by atoms with Crippen LogP contribution in [0.15, 0.2) is 48.5 Å². The van der Waals surface area contributed by atoms with Gasteiger partial charge >= 0.3 is 0 Å². The average Bonchev–Trinajstić information content (AvgIpc) is 2.40. The molecule has 100 valence electrons. The summed E-state index contributed by atoms with van der Waals surface area (Å²) in [7, 11) is 0. The third kappa shape index (κ3) is 5.20. The maximum absolute atomic E-state index is 5.74. The molecule has 19 heavy (non-hydrogen) atoms. The van der Waals surface area contributed by atoms with Crippen molar-refractivity contribution in [1.82, 2.24) is 4.98 Å². The van der Waals surface area contributed by atoms with Crippen molar-refractivity contribution in [3.63, 3.8) is 0 Å². The molecule has 0 spiro atoms. The van der Waals surface area contributed by atoms with Gasteiger partial charge in [-0.2, -0.15) is 0 Å². The predicted molar refractivity (Wildman–Crippen MR) is 76.8 cm³/mol. The van der Waals surface area contributed by atoms with Crippen LogP contribution in [0.3, 0.4) is 0 Å². The third-order valence-electron chi connectivity index (χ3n) is 2.51. The minimum absolute atomic E-state index is 0. The third-order valence-corrected chi connectivity index (χ3v) is 3.05. The van der Waals surface area contributed by atoms with Crippen molar-refractivity contribution in [2.45, 2.75) is 6.42 Å². The monoisotopic (exact) mass is 385 g/mol. The lowest BCUT2D eigenvalue weighted by Crippen LogP contribution is -3.00. The van der Waals surface area contributed by atoms with Gasteiger partial charge in [-0.05, 0) is 17.9 Å². The summed E-state index contributed by atoms with van der Waals surface area (Å²) in [4.78, 5) is 7.59. The Hall–Kier alpha value is -1.08. The van der Waals surface area contributed by atoms with Gasteiger partial charge in [0.05, 0.1) is 0 Å². The van der Waals surface area contributed by atoms with Crippen molar-refractivity contribution in [3.05, 3.63) is 59.8 Å². The molecule has 3 N–H and O–H groups in total. The van der Waals surface area contributed by atoms with Crippen molar-refractivity contribution in [3.8, 4) is 0 Å². The maximum atomic E-state index is 5.74. The van der Waals surface area contributed by atoms with Crippen LogP contribution in [-0.2, 0) is 6.42 Å². The van der Waals surface area contributed by atoms with Crippen LogP contribution in [0, 0.1) is 0 Å². The van der Waals surface area contributed by atoms with Gasteiger partial charge in [-0.3, -0.25) is 0 Å². The zero-order chi connectivity index (χ0) is 12.8. The van der Waals surface area contributed by atoms with Crippen LogP contribution in [-0.4, -0.2) is 16.4 Å². The van der Waals surface area contributed by atoms with Crippen LogP contribution in [0.5, 0.6) is 0 Å². The molecule has 0 fully saturated rings. The van der Waals surface area contributed by atoms with E-state index in [1.54, 1.807) is 0 Å². The highest BCUT2D eigenvalue weighted by atomic mass is 127. The second-order valence-corrected chi connectivity index (χ2v) is 4.72. The number of amidine groups is 1. The number of aromatic nitrogens is 1. The van der Waals surface area contributed by atoms with E-state index in [2.05, 4.69) is 22.1 Å². The number of benzene rings is 1. The Morgan fingerprint density at radius 3 is 2.58 bits per heavy atom. The molecule has 0 unspecified atom stereocenters. The summed E-state index contributed by atoms with van der Waals surface area (Å²) in [6, 6.07) is 16.2. The smallest absolute Gasteiger partial charge is 0.261 e. The quantitative estimate of drug-likeness (QED) is 0.368. The first-order valence-corrected chi connectivity index (χ1v) is 6.93. The summed E-state index contributed by atoms with van der Waals surface area (Å²) in [5, 5.41) is 0.652. The SMILES string of the molecule is CSC(N)=[NH+]c1cccc(Cc2ccccc2)n1.[I-]. The molecule has 0 bridgehead atoms. The van der Waals surface area contributed by atoms with Crippen LogP contribution in [0.1, 0.15) is 11.3 Å². The minimum atomic E-state index is 0. The summed E-state index contributed by atoms with van der Waals surface area (Å²) in [6.45, 7) is 0. The molecular weight excluding hydrogens is 369 g/mol. The number of rotatable bonds is 3. The van der Waals surface area contributed by atoms with Gasteiger partial charge < -0.3 is 29.7 Å². The van der Waals surface area contributed by atoms with Crippen LogP contribution >= 0.6 is 11.8 Å². The molecule has 0 atom stereocenters. The van der Waals surface area contributed by atoms with Crippen molar-refractivity contribution >= 4 is 22.7 Å². The van der Waals surface area contributed by atoms with E-state index in [0.29, 0.717) is 5.17 Å². The number of thioether (sulfide) groups is 1. The number of nitrogens with one attached hydrogen (secondary N) is 1. The molecule has 0 saturated heterocycles.